The van der Waals surface area contributed by atoms with Crippen molar-refractivity contribution in [3.8, 4) is 5.75 Å². The molecule has 7 rings (SSSR count). The molecule has 0 fully saturated rings. The number of nitrogens with one attached hydrogen (secondary N) is 4. The molecule has 406 valence electrons. The van der Waals surface area contributed by atoms with E-state index in [1.54, 1.807) is 30.3 Å². The number of hydrogen-bond acceptors (Lipinski definition) is 10. The average molecular weight is 1090 g/mol. The summed E-state index contributed by atoms with van der Waals surface area (Å²) in [6, 6.07) is 56.2. The summed E-state index contributed by atoms with van der Waals surface area (Å²) < 4.78 is 25.8. The number of methoxy groups -OCH3 is 2. The van der Waals surface area contributed by atoms with Gasteiger partial charge in [-0.05, 0) is 74.2 Å². The molecule has 0 aromatic heterocycles. The molecule has 7 aromatic carbocycles. The molecular formula is C62H61N4O12P. The Hall–Kier alpha value is -8.95. The lowest BCUT2D eigenvalue weighted by molar-refractivity contribution is -0.146. The Morgan fingerprint density at radius 3 is 1.18 bits per heavy atom. The predicted octanol–water partition coefficient (Wildman–Crippen LogP) is 7.50. The van der Waals surface area contributed by atoms with Gasteiger partial charge in [-0.1, -0.05) is 188 Å². The van der Waals surface area contributed by atoms with Crippen molar-refractivity contribution in [3.63, 3.8) is 0 Å². The summed E-state index contributed by atoms with van der Waals surface area (Å²) >= 11 is 0. The normalized spacial score (nSPS) is 12.5. The van der Waals surface area contributed by atoms with Gasteiger partial charge in [-0.3, -0.25) is 33.8 Å². The molecule has 0 spiro atoms. The van der Waals surface area contributed by atoms with Crippen LogP contribution < -0.4 is 25.8 Å². The Balaban J connectivity index is 1.15. The lowest BCUT2D eigenvalue weighted by Gasteiger charge is -2.27. The fourth-order valence-electron chi connectivity index (χ4n) is 8.90. The van der Waals surface area contributed by atoms with Crippen LogP contribution in [0.2, 0.25) is 0 Å². The topological polar surface area (TPSA) is 236 Å². The summed E-state index contributed by atoms with van der Waals surface area (Å²) in [4.78, 5) is 101. The first-order valence-electron chi connectivity index (χ1n) is 25.4. The molecule has 0 heterocycles. The second-order valence-corrected chi connectivity index (χ2v) is 19.6. The van der Waals surface area contributed by atoms with E-state index in [1.807, 2.05) is 109 Å². The molecule has 7 aromatic rings. The van der Waals surface area contributed by atoms with Crippen molar-refractivity contribution in [2.75, 3.05) is 14.2 Å². The highest BCUT2D eigenvalue weighted by molar-refractivity contribution is 7.46. The number of ether oxygens (including phenoxy) is 2. The molecule has 4 atom stereocenters. The van der Waals surface area contributed by atoms with Crippen molar-refractivity contribution in [1.82, 2.24) is 21.3 Å². The summed E-state index contributed by atoms with van der Waals surface area (Å²) in [5.74, 6) is -4.50. The maximum atomic E-state index is 14.7. The molecule has 6 N–H and O–H groups in total. The second kappa shape index (κ2) is 28.4. The molecule has 0 aliphatic heterocycles. The van der Waals surface area contributed by atoms with Crippen LogP contribution in [-0.2, 0) is 68.5 Å². The van der Waals surface area contributed by atoms with Gasteiger partial charge in [-0.2, -0.15) is 0 Å². The molecule has 0 radical (unpaired) electrons. The van der Waals surface area contributed by atoms with Crippen LogP contribution in [0.1, 0.15) is 57.3 Å². The van der Waals surface area contributed by atoms with Gasteiger partial charge in [0.2, 0.25) is 23.6 Å². The van der Waals surface area contributed by atoms with Crippen LogP contribution >= 0.6 is 7.82 Å². The smallest absolute Gasteiger partial charge is 0.469 e. The van der Waals surface area contributed by atoms with Crippen molar-refractivity contribution in [2.24, 2.45) is 0 Å². The molecule has 0 aliphatic rings. The summed E-state index contributed by atoms with van der Waals surface area (Å²) in [6.07, 6.45) is -0.786. The summed E-state index contributed by atoms with van der Waals surface area (Å²) in [5.41, 5.74) is 8.49. The maximum absolute atomic E-state index is 14.7. The summed E-state index contributed by atoms with van der Waals surface area (Å²) in [6.45, 7) is 0. The SMILES string of the molecule is COC(=O)CC[C@@H](NC(=O)[C@@H](Cc1ccc(OP(=O)(O)O)cc1)NC(=O)[C@@H](Cc1ccccc1)NC(=O)[C@@H](Cc1ccccc1)NC(=O)Cc1ccc(C(=C(c2ccccc2)c2ccccc2)c2ccccc2)cc1)C(=O)OC. The van der Waals surface area contributed by atoms with Crippen LogP contribution in [-0.4, -0.2) is 83.7 Å². The quantitative estimate of drug-likeness (QED) is 0.0186. The lowest BCUT2D eigenvalue weighted by Crippen LogP contribution is -2.59. The fraction of sp³-hybridized carbons (Fsp3) is 0.194. The van der Waals surface area contributed by atoms with E-state index in [-0.39, 0.29) is 44.3 Å². The van der Waals surface area contributed by atoms with Crippen molar-refractivity contribution >= 4 is 54.5 Å². The van der Waals surface area contributed by atoms with Crippen LogP contribution in [0.5, 0.6) is 5.75 Å². The Bertz CT molecular complexity index is 3190. The number of benzene rings is 7. The minimum atomic E-state index is -4.90. The molecule has 16 nitrogen and oxygen atoms in total. The van der Waals surface area contributed by atoms with E-state index >= 15 is 0 Å². The first-order chi connectivity index (χ1) is 38.2. The van der Waals surface area contributed by atoms with Gasteiger partial charge >= 0.3 is 19.8 Å². The van der Waals surface area contributed by atoms with Crippen molar-refractivity contribution in [2.45, 2.75) is 62.7 Å². The first-order valence-corrected chi connectivity index (χ1v) is 27.0. The monoisotopic (exact) mass is 1080 g/mol. The number of phosphoric ester groups is 1. The molecular weight excluding hydrogens is 1020 g/mol. The van der Waals surface area contributed by atoms with Gasteiger partial charge in [0.05, 0.1) is 20.6 Å². The zero-order valence-electron chi connectivity index (χ0n) is 43.5. The van der Waals surface area contributed by atoms with E-state index in [0.717, 1.165) is 46.1 Å². The Morgan fingerprint density at radius 1 is 0.430 bits per heavy atom. The zero-order chi connectivity index (χ0) is 56.2. The number of hydrogen-bond donors (Lipinski definition) is 6. The van der Waals surface area contributed by atoms with Gasteiger partial charge in [0.15, 0.2) is 0 Å². The highest BCUT2D eigenvalue weighted by Crippen LogP contribution is 2.38. The van der Waals surface area contributed by atoms with Crippen LogP contribution in [0, 0.1) is 0 Å². The van der Waals surface area contributed by atoms with E-state index in [1.165, 1.54) is 31.4 Å². The van der Waals surface area contributed by atoms with Gasteiger partial charge in [-0.25, -0.2) is 9.36 Å². The number of carbonyl (C=O) groups excluding carboxylic acids is 6. The minimum Gasteiger partial charge on any atom is -0.469 e. The van der Waals surface area contributed by atoms with Crippen molar-refractivity contribution < 1.29 is 57.1 Å². The maximum Gasteiger partial charge on any atom is 0.524 e. The van der Waals surface area contributed by atoms with Gasteiger partial charge < -0.3 is 35.3 Å². The van der Waals surface area contributed by atoms with Crippen LogP contribution in [0.25, 0.3) is 11.1 Å². The minimum absolute atomic E-state index is 0.0528. The zero-order valence-corrected chi connectivity index (χ0v) is 44.4. The number of esters is 2. The van der Waals surface area contributed by atoms with Crippen LogP contribution in [0.4, 0.5) is 0 Å². The molecule has 0 bridgehead atoms. The van der Waals surface area contributed by atoms with Crippen molar-refractivity contribution in [1.29, 1.82) is 0 Å². The van der Waals surface area contributed by atoms with Crippen LogP contribution in [0.15, 0.2) is 200 Å². The van der Waals surface area contributed by atoms with Gasteiger partial charge in [0.1, 0.15) is 29.9 Å². The Morgan fingerprint density at radius 2 is 0.785 bits per heavy atom. The molecule has 0 aliphatic carbocycles. The highest BCUT2D eigenvalue weighted by Gasteiger charge is 2.33. The summed E-state index contributed by atoms with van der Waals surface area (Å²) in [7, 11) is -2.62. The number of phosphoric acid groups is 1. The average Bonchev–Trinajstić information content (AvgIpc) is 3.46. The van der Waals surface area contributed by atoms with Gasteiger partial charge in [0.25, 0.3) is 0 Å². The standard InChI is InChI=1S/C62H61N4O12P/c1-76-56(68)37-36-51(62(72)77-2)64-60(70)54(40-44-30-34-50(35-31-44)78-79(73,74)75)66-61(71)53(39-43-20-10-4-11-21-43)65-59(69)52(38-42-18-8-3-9-19-42)63-55(67)41-45-28-32-49(33-29-45)58(48-26-16-7-17-27-48)57(46-22-12-5-13-23-46)47-24-14-6-15-25-47/h3-35,51-54H,36-41H2,1-2H3,(H,63,67)(H,64,70)(H,65,69)(H,66,71)(H2,73,74,75)/t51-,52-,53-,54-/m1/s1. The number of amides is 4. The Kier molecular flexibility index (Phi) is 20.8. The van der Waals surface area contributed by atoms with Gasteiger partial charge in [-0.15, -0.1) is 0 Å². The Labute approximate surface area is 458 Å². The highest BCUT2D eigenvalue weighted by atomic mass is 31.2. The third-order valence-corrected chi connectivity index (χ3v) is 13.2. The lowest BCUT2D eigenvalue weighted by atomic mass is 9.85. The predicted molar refractivity (Wildman–Crippen MR) is 299 cm³/mol. The molecule has 0 unspecified atom stereocenters. The van der Waals surface area contributed by atoms with Crippen molar-refractivity contribution in [3.05, 3.63) is 245 Å². The number of carbonyl (C=O) groups is 6. The van der Waals surface area contributed by atoms with Gasteiger partial charge in [0, 0.05) is 25.7 Å². The first kappa shape index (κ1) is 57.7. The molecule has 0 saturated heterocycles. The fourth-order valence-corrected chi connectivity index (χ4v) is 9.30. The number of rotatable bonds is 25. The molecule has 79 heavy (non-hydrogen) atoms. The molecule has 17 heteroatoms. The van der Waals surface area contributed by atoms with E-state index < -0.39 is 67.6 Å². The van der Waals surface area contributed by atoms with E-state index in [0.29, 0.717) is 16.7 Å². The largest absolute Gasteiger partial charge is 0.524 e. The second-order valence-electron chi connectivity index (χ2n) is 18.5. The van der Waals surface area contributed by atoms with E-state index in [2.05, 4.69) is 62.2 Å². The third-order valence-electron chi connectivity index (χ3n) is 12.8. The summed E-state index contributed by atoms with van der Waals surface area (Å²) in [5, 5.41) is 11.1. The van der Waals surface area contributed by atoms with Crippen LogP contribution in [0.3, 0.4) is 0 Å². The van der Waals surface area contributed by atoms with E-state index in [4.69, 9.17) is 9.47 Å². The third kappa shape index (κ3) is 17.5. The molecule has 4 amide bonds. The van der Waals surface area contributed by atoms with E-state index in [9.17, 15) is 43.1 Å². The molecule has 0 saturated carbocycles.